The first-order valence-corrected chi connectivity index (χ1v) is 9.97. The number of guanidine groups is 1. The van der Waals surface area contributed by atoms with Gasteiger partial charge in [0.15, 0.2) is 5.96 Å². The largest absolute Gasteiger partial charge is 0.355 e. The molecule has 6 heteroatoms. The van der Waals surface area contributed by atoms with Crippen molar-refractivity contribution < 1.29 is 0 Å². The van der Waals surface area contributed by atoms with Crippen LogP contribution in [0, 0.1) is 11.8 Å². The monoisotopic (exact) mass is 465 g/mol. The third kappa shape index (κ3) is 6.54. The van der Waals surface area contributed by atoms with Crippen molar-refractivity contribution >= 4 is 29.9 Å². The highest BCUT2D eigenvalue weighted by molar-refractivity contribution is 14.0. The minimum atomic E-state index is 0. The van der Waals surface area contributed by atoms with E-state index in [-0.39, 0.29) is 24.0 Å². The van der Waals surface area contributed by atoms with E-state index in [0.717, 1.165) is 30.9 Å². The van der Waals surface area contributed by atoms with Crippen LogP contribution < -0.4 is 5.32 Å². The summed E-state index contributed by atoms with van der Waals surface area (Å²) in [5.74, 6) is 2.82. The van der Waals surface area contributed by atoms with Gasteiger partial charge in [-0.25, -0.2) is 0 Å². The molecule has 2 aliphatic rings. The van der Waals surface area contributed by atoms with Crippen molar-refractivity contribution in [3.63, 3.8) is 0 Å². The summed E-state index contributed by atoms with van der Waals surface area (Å²) in [6.07, 6.45) is 3.93. The van der Waals surface area contributed by atoms with Gasteiger partial charge in [-0.05, 0) is 32.2 Å². The fraction of sp³-hybridized carbons (Fsp3) is 0.947. The van der Waals surface area contributed by atoms with E-state index in [1.54, 1.807) is 0 Å². The molecule has 2 rings (SSSR count). The molecule has 2 fully saturated rings. The Labute approximate surface area is 172 Å². The van der Waals surface area contributed by atoms with Gasteiger partial charge >= 0.3 is 0 Å². The highest BCUT2D eigenvalue weighted by atomic mass is 127. The van der Waals surface area contributed by atoms with E-state index in [1.165, 1.54) is 52.0 Å². The lowest BCUT2D eigenvalue weighted by Crippen LogP contribution is -2.52. The minimum Gasteiger partial charge on any atom is -0.355 e. The molecule has 1 N–H and O–H groups in total. The second-order valence-electron chi connectivity index (χ2n) is 7.69. The van der Waals surface area contributed by atoms with Gasteiger partial charge in [-0.3, -0.25) is 9.89 Å². The Morgan fingerprint density at radius 1 is 1.12 bits per heavy atom. The van der Waals surface area contributed by atoms with E-state index in [9.17, 15) is 0 Å². The third-order valence-corrected chi connectivity index (χ3v) is 6.17. The molecule has 2 aliphatic heterocycles. The van der Waals surface area contributed by atoms with Gasteiger partial charge in [-0.2, -0.15) is 0 Å². The Kier molecular flexibility index (Phi) is 10.6. The van der Waals surface area contributed by atoms with E-state index in [4.69, 9.17) is 0 Å². The maximum atomic E-state index is 4.55. The molecule has 2 unspecified atom stereocenters. The van der Waals surface area contributed by atoms with Crippen LogP contribution in [-0.4, -0.2) is 86.6 Å². The van der Waals surface area contributed by atoms with Crippen LogP contribution in [0.1, 0.15) is 40.0 Å². The second kappa shape index (κ2) is 11.6. The number of nitrogens with one attached hydrogen (secondary N) is 1. The smallest absolute Gasteiger partial charge is 0.193 e. The molecule has 0 radical (unpaired) electrons. The predicted molar refractivity (Wildman–Crippen MR) is 119 cm³/mol. The molecule has 0 bridgehead atoms. The first-order valence-electron chi connectivity index (χ1n) is 9.97. The average Bonchev–Trinajstić information content (AvgIpc) is 3.07. The Morgan fingerprint density at radius 2 is 1.76 bits per heavy atom. The summed E-state index contributed by atoms with van der Waals surface area (Å²) < 4.78 is 0. The van der Waals surface area contributed by atoms with Crippen molar-refractivity contribution in [3.05, 3.63) is 0 Å². The second-order valence-corrected chi connectivity index (χ2v) is 7.69. The standard InChI is InChI=1S/C19H39N5.HI/c1-6-17(7-2)18-8-9-24(15-18)19(20-4)21-14-16(3)23-12-10-22(5)11-13-23;/h16-18H,6-15H2,1-5H3,(H,20,21);1H. The lowest BCUT2D eigenvalue weighted by Gasteiger charge is -2.37. The molecule has 2 atom stereocenters. The Hall–Kier alpha value is -0.0800. The van der Waals surface area contributed by atoms with Crippen molar-refractivity contribution in [2.75, 3.05) is 59.9 Å². The van der Waals surface area contributed by atoms with E-state index in [2.05, 4.69) is 52.8 Å². The molecular formula is C19H40IN5. The molecule has 0 aliphatic carbocycles. The van der Waals surface area contributed by atoms with Gasteiger partial charge < -0.3 is 15.1 Å². The van der Waals surface area contributed by atoms with Crippen LogP contribution in [0.25, 0.3) is 0 Å². The summed E-state index contributed by atoms with van der Waals surface area (Å²) in [6.45, 7) is 15.1. The number of aliphatic imine (C=N–C) groups is 1. The number of rotatable bonds is 6. The highest BCUT2D eigenvalue weighted by Gasteiger charge is 2.29. The molecule has 2 saturated heterocycles. The van der Waals surface area contributed by atoms with Gasteiger partial charge in [0.2, 0.25) is 0 Å². The fourth-order valence-corrected chi connectivity index (χ4v) is 4.28. The van der Waals surface area contributed by atoms with Gasteiger partial charge in [0.1, 0.15) is 0 Å². The Balaban J connectivity index is 0.00000312. The fourth-order valence-electron chi connectivity index (χ4n) is 4.28. The van der Waals surface area contributed by atoms with Gasteiger partial charge in [0.25, 0.3) is 0 Å². The summed E-state index contributed by atoms with van der Waals surface area (Å²) in [7, 11) is 4.14. The number of nitrogens with zero attached hydrogens (tertiary/aromatic N) is 4. The average molecular weight is 465 g/mol. The third-order valence-electron chi connectivity index (χ3n) is 6.17. The zero-order valence-electron chi connectivity index (χ0n) is 17.0. The molecule has 0 aromatic carbocycles. The number of likely N-dealkylation sites (N-methyl/N-ethyl adjacent to an activating group) is 1. The summed E-state index contributed by atoms with van der Waals surface area (Å²) in [6, 6.07) is 0.563. The molecule has 0 saturated carbocycles. The van der Waals surface area contributed by atoms with Crippen molar-refractivity contribution in [2.45, 2.75) is 46.1 Å². The minimum absolute atomic E-state index is 0. The van der Waals surface area contributed by atoms with E-state index in [1.807, 2.05) is 7.05 Å². The first kappa shape index (κ1) is 23.0. The molecule has 5 nitrogen and oxygen atoms in total. The van der Waals surface area contributed by atoms with Crippen LogP contribution in [0.5, 0.6) is 0 Å². The number of likely N-dealkylation sites (tertiary alicyclic amines) is 1. The molecule has 148 valence electrons. The maximum Gasteiger partial charge on any atom is 0.193 e. The SMILES string of the molecule is CCC(CC)C1CCN(C(=NC)NCC(C)N2CCN(C)CC2)C1.I. The molecule has 0 aromatic heterocycles. The molecule has 0 amide bonds. The summed E-state index contributed by atoms with van der Waals surface area (Å²) in [4.78, 5) is 12.0. The van der Waals surface area contributed by atoms with Crippen LogP contribution in [0.3, 0.4) is 0 Å². The first-order chi connectivity index (χ1) is 11.6. The summed E-state index contributed by atoms with van der Waals surface area (Å²) in [5, 5.41) is 3.64. The van der Waals surface area contributed by atoms with Crippen molar-refractivity contribution in [2.24, 2.45) is 16.8 Å². The van der Waals surface area contributed by atoms with Gasteiger partial charge in [-0.1, -0.05) is 26.7 Å². The highest BCUT2D eigenvalue weighted by Crippen LogP contribution is 2.28. The zero-order valence-corrected chi connectivity index (χ0v) is 19.3. The predicted octanol–water partition coefficient (Wildman–Crippen LogP) is 2.57. The van der Waals surface area contributed by atoms with E-state index >= 15 is 0 Å². The molecule has 2 heterocycles. The zero-order chi connectivity index (χ0) is 17.5. The van der Waals surface area contributed by atoms with Gasteiger partial charge in [0.05, 0.1) is 0 Å². The topological polar surface area (TPSA) is 34.1 Å². The summed E-state index contributed by atoms with van der Waals surface area (Å²) in [5.41, 5.74) is 0. The number of hydrogen-bond acceptors (Lipinski definition) is 3. The molecular weight excluding hydrogens is 425 g/mol. The van der Waals surface area contributed by atoms with Crippen LogP contribution in [-0.2, 0) is 0 Å². The number of halogens is 1. The normalized spacial score (nSPS) is 24.5. The molecule has 0 aromatic rings. The lowest BCUT2D eigenvalue weighted by molar-refractivity contribution is 0.119. The van der Waals surface area contributed by atoms with Crippen LogP contribution >= 0.6 is 24.0 Å². The maximum absolute atomic E-state index is 4.55. The van der Waals surface area contributed by atoms with Crippen LogP contribution in [0.4, 0.5) is 0 Å². The number of piperazine rings is 1. The lowest BCUT2D eigenvalue weighted by atomic mass is 9.87. The van der Waals surface area contributed by atoms with Gasteiger partial charge in [0, 0.05) is 58.9 Å². The Morgan fingerprint density at radius 3 is 2.32 bits per heavy atom. The molecule has 0 spiro atoms. The van der Waals surface area contributed by atoms with Crippen molar-refractivity contribution in [3.8, 4) is 0 Å². The van der Waals surface area contributed by atoms with Crippen molar-refractivity contribution in [1.82, 2.24) is 20.0 Å². The Bertz CT molecular complexity index is 391. The van der Waals surface area contributed by atoms with Crippen LogP contribution in [0.15, 0.2) is 4.99 Å². The summed E-state index contributed by atoms with van der Waals surface area (Å²) >= 11 is 0. The van der Waals surface area contributed by atoms with E-state index in [0.29, 0.717) is 6.04 Å². The number of hydrogen-bond donors (Lipinski definition) is 1. The van der Waals surface area contributed by atoms with Crippen molar-refractivity contribution in [1.29, 1.82) is 0 Å². The quantitative estimate of drug-likeness (QED) is 0.372. The van der Waals surface area contributed by atoms with E-state index < -0.39 is 0 Å². The molecule has 25 heavy (non-hydrogen) atoms. The van der Waals surface area contributed by atoms with Crippen LogP contribution in [0.2, 0.25) is 0 Å². The van der Waals surface area contributed by atoms with Gasteiger partial charge in [-0.15, -0.1) is 24.0 Å².